The van der Waals surface area contributed by atoms with Crippen LogP contribution in [-0.4, -0.2) is 86.0 Å². The van der Waals surface area contributed by atoms with E-state index in [0.717, 1.165) is 38.2 Å². The summed E-state index contributed by atoms with van der Waals surface area (Å²) in [5, 5.41) is 2.76. The third kappa shape index (κ3) is 29.7. The van der Waals surface area contributed by atoms with Crippen LogP contribution in [0, 0.1) is 23.7 Å². The highest BCUT2D eigenvalue weighted by atomic mass is 16.7. The molecule has 0 spiro atoms. The van der Waals surface area contributed by atoms with Crippen molar-refractivity contribution >= 4 is 23.5 Å². The van der Waals surface area contributed by atoms with Crippen LogP contribution in [0.15, 0.2) is 23.8 Å². The van der Waals surface area contributed by atoms with Crippen molar-refractivity contribution in [1.29, 1.82) is 0 Å². The van der Waals surface area contributed by atoms with Crippen LogP contribution in [0.1, 0.15) is 149 Å². The summed E-state index contributed by atoms with van der Waals surface area (Å²) in [6.07, 6.45) is 11.9. The number of ether oxygens (including phenoxy) is 2. The van der Waals surface area contributed by atoms with Crippen molar-refractivity contribution in [1.82, 2.24) is 15.1 Å². The molecule has 2 fully saturated rings. The first-order valence-corrected chi connectivity index (χ1v) is 20.1. The van der Waals surface area contributed by atoms with Crippen LogP contribution in [0.3, 0.4) is 0 Å². The van der Waals surface area contributed by atoms with Crippen LogP contribution in [-0.2, 0) is 28.7 Å². The predicted molar refractivity (Wildman–Crippen MR) is 217 cm³/mol. The summed E-state index contributed by atoms with van der Waals surface area (Å²) >= 11 is 0. The summed E-state index contributed by atoms with van der Waals surface area (Å²) in [6.45, 7) is 32.6. The smallest absolute Gasteiger partial charge is 0.253 e. The summed E-state index contributed by atoms with van der Waals surface area (Å²) in [4.78, 5) is 52.8. The highest BCUT2D eigenvalue weighted by molar-refractivity contribution is 5.96. The Morgan fingerprint density at radius 2 is 1.33 bits per heavy atom. The van der Waals surface area contributed by atoms with Crippen molar-refractivity contribution in [3.8, 4) is 0 Å². The van der Waals surface area contributed by atoms with Gasteiger partial charge in [0.05, 0.1) is 13.2 Å². The molecule has 1 saturated carbocycles. The number of piperazine rings is 1. The van der Waals surface area contributed by atoms with E-state index in [0.29, 0.717) is 43.6 Å². The molecule has 1 aliphatic heterocycles. The number of allylic oxidation sites excluding steroid dienone is 2. The van der Waals surface area contributed by atoms with Gasteiger partial charge in [0.15, 0.2) is 6.29 Å². The third-order valence-electron chi connectivity index (χ3n) is 7.45. The molecule has 3 amide bonds. The van der Waals surface area contributed by atoms with Crippen molar-refractivity contribution in [2.45, 2.75) is 155 Å². The van der Waals surface area contributed by atoms with E-state index in [4.69, 9.17) is 9.47 Å². The van der Waals surface area contributed by atoms with Gasteiger partial charge in [-0.1, -0.05) is 127 Å². The lowest BCUT2D eigenvalue weighted by atomic mass is 9.89. The number of carbonyl (C=O) groups is 4. The number of nitrogens with zero attached hydrogens (tertiary/aromatic N) is 2. The molecule has 1 saturated heterocycles. The topological polar surface area (TPSA) is 105 Å². The largest absolute Gasteiger partial charge is 0.356 e. The Morgan fingerprint density at radius 3 is 1.73 bits per heavy atom. The SMILES string of the molecule is C/C=C\C(=C/C)C(=O)N1CCN(C(=O)CNC(=O)[C@@H](CC(C)=O)CC2CCCC2)CC1.CC.CC.CC.CC(C)C.CCC(OC)OCC(C)C. The third-order valence-corrected chi connectivity index (χ3v) is 7.45. The van der Waals surface area contributed by atoms with Crippen LogP contribution in [0.2, 0.25) is 0 Å². The number of hydrogen-bond donors (Lipinski definition) is 1. The van der Waals surface area contributed by atoms with Crippen molar-refractivity contribution in [2.75, 3.05) is 46.4 Å². The molecule has 2 atom stereocenters. The summed E-state index contributed by atoms with van der Waals surface area (Å²) in [6, 6.07) is 0. The molecule has 1 aliphatic carbocycles. The summed E-state index contributed by atoms with van der Waals surface area (Å²) in [7, 11) is 1.68. The molecule has 302 valence electrons. The van der Waals surface area contributed by atoms with Gasteiger partial charge in [-0.2, -0.15) is 0 Å². The Morgan fingerprint density at radius 1 is 0.843 bits per heavy atom. The number of methoxy groups -OCH3 is 1. The van der Waals surface area contributed by atoms with E-state index in [9.17, 15) is 19.2 Å². The fraction of sp³-hybridized carbons (Fsp3) is 0.810. The molecule has 1 unspecified atom stereocenters. The van der Waals surface area contributed by atoms with Gasteiger partial charge in [-0.3, -0.25) is 14.4 Å². The molecule has 2 aliphatic rings. The van der Waals surface area contributed by atoms with Crippen LogP contribution in [0.25, 0.3) is 0 Å². The maximum Gasteiger partial charge on any atom is 0.253 e. The number of hydrogen-bond acceptors (Lipinski definition) is 6. The van der Waals surface area contributed by atoms with Gasteiger partial charge in [0.1, 0.15) is 5.78 Å². The number of carbonyl (C=O) groups excluding carboxylic acids is 4. The monoisotopic (exact) mass is 726 g/mol. The van der Waals surface area contributed by atoms with Crippen molar-refractivity contribution in [2.24, 2.45) is 23.7 Å². The van der Waals surface area contributed by atoms with Crippen LogP contribution in [0.5, 0.6) is 0 Å². The van der Waals surface area contributed by atoms with E-state index in [1.165, 1.54) is 19.8 Å². The number of nitrogens with one attached hydrogen (secondary N) is 1. The molecule has 1 N–H and O–H groups in total. The predicted octanol–water partition coefficient (Wildman–Crippen LogP) is 9.25. The average molecular weight is 726 g/mol. The average Bonchev–Trinajstić information content (AvgIpc) is 3.65. The van der Waals surface area contributed by atoms with Crippen LogP contribution < -0.4 is 5.32 Å². The van der Waals surface area contributed by atoms with Gasteiger partial charge in [0, 0.05) is 51.2 Å². The van der Waals surface area contributed by atoms with E-state index in [1.807, 2.05) is 61.5 Å². The lowest BCUT2D eigenvalue weighted by Gasteiger charge is -2.35. The number of ketones is 1. The van der Waals surface area contributed by atoms with E-state index in [1.54, 1.807) is 29.1 Å². The summed E-state index contributed by atoms with van der Waals surface area (Å²) < 4.78 is 10.4. The van der Waals surface area contributed by atoms with E-state index >= 15 is 0 Å². The fourth-order valence-corrected chi connectivity index (χ4v) is 5.16. The summed E-state index contributed by atoms with van der Waals surface area (Å²) in [5.41, 5.74) is 0.647. The minimum absolute atomic E-state index is 0.00341. The first-order valence-electron chi connectivity index (χ1n) is 20.1. The van der Waals surface area contributed by atoms with E-state index < -0.39 is 0 Å². The van der Waals surface area contributed by atoms with Gasteiger partial charge in [-0.25, -0.2) is 0 Å². The van der Waals surface area contributed by atoms with E-state index in [2.05, 4.69) is 46.9 Å². The second-order valence-corrected chi connectivity index (χ2v) is 13.2. The molecule has 0 aromatic carbocycles. The van der Waals surface area contributed by atoms with Crippen LogP contribution in [0.4, 0.5) is 0 Å². The normalized spacial score (nSPS) is 15.4. The van der Waals surface area contributed by atoms with Gasteiger partial charge in [0.2, 0.25) is 11.8 Å². The fourth-order valence-electron chi connectivity index (χ4n) is 5.16. The molecule has 51 heavy (non-hydrogen) atoms. The number of rotatable bonds is 14. The molecule has 9 heteroatoms. The zero-order valence-corrected chi connectivity index (χ0v) is 36.2. The zero-order valence-electron chi connectivity index (χ0n) is 36.2. The molecule has 0 bridgehead atoms. The minimum atomic E-state index is -0.353. The molecule has 9 nitrogen and oxygen atoms in total. The Hall–Kier alpha value is -2.52. The molecule has 0 aromatic rings. The Labute approximate surface area is 315 Å². The first kappa shape index (κ1) is 55.2. The van der Waals surface area contributed by atoms with Gasteiger partial charge in [0.25, 0.3) is 5.91 Å². The second kappa shape index (κ2) is 37.2. The molecular formula is C42H83N3O6. The highest BCUT2D eigenvalue weighted by Gasteiger charge is 2.28. The Balaban J connectivity index is -0.000000457. The maximum atomic E-state index is 12.7. The first-order chi connectivity index (χ1) is 24.3. The highest BCUT2D eigenvalue weighted by Crippen LogP contribution is 2.31. The maximum absolute atomic E-state index is 12.7. The Bertz CT molecular complexity index is 911. The molecule has 1 heterocycles. The minimum Gasteiger partial charge on any atom is -0.356 e. The van der Waals surface area contributed by atoms with Crippen molar-refractivity contribution in [3.05, 3.63) is 23.8 Å². The number of Topliss-reactive ketones (excluding diaryl/α,β-unsaturated/α-hetero) is 1. The standard InChI is InChI=1S/C24H37N3O4.C8H18O2.C4H10.3C2H6/c1-4-8-20(5-2)24(31)27-13-11-26(12-14-27)22(29)17-25-23(30)21(15-18(3)28)16-19-9-6-7-10-19;1-5-8(9-4)10-6-7(2)3;1-4(2)3;3*1-2/h4-5,8,19,21H,6-7,9-17H2,1-3H3,(H,25,30);7-8H,5-6H2,1-4H3;4H,1-3H3;3*1-2H3/b8-4-,20-5+;;;;;/t21-;;;;;/m0...../s1. The lowest BCUT2D eigenvalue weighted by Crippen LogP contribution is -2.53. The van der Waals surface area contributed by atoms with Gasteiger partial charge in [-0.05, 0) is 51.4 Å². The van der Waals surface area contributed by atoms with Crippen LogP contribution >= 0.6 is 0 Å². The molecule has 0 aromatic heterocycles. The molecular weight excluding hydrogens is 642 g/mol. The number of amides is 3. The van der Waals surface area contributed by atoms with Crippen molar-refractivity contribution < 1.29 is 28.7 Å². The second-order valence-electron chi connectivity index (χ2n) is 13.2. The van der Waals surface area contributed by atoms with Gasteiger partial charge < -0.3 is 29.4 Å². The quantitative estimate of drug-likeness (QED) is 0.109. The van der Waals surface area contributed by atoms with Gasteiger partial charge in [-0.15, -0.1) is 0 Å². The molecule has 2 rings (SSSR count). The lowest BCUT2D eigenvalue weighted by molar-refractivity contribution is -0.138. The zero-order chi connectivity index (χ0) is 40.4. The van der Waals surface area contributed by atoms with Crippen molar-refractivity contribution in [3.63, 3.8) is 0 Å². The summed E-state index contributed by atoms with van der Waals surface area (Å²) in [5.74, 6) is 1.19. The van der Waals surface area contributed by atoms with Gasteiger partial charge >= 0.3 is 0 Å². The van der Waals surface area contributed by atoms with E-state index in [-0.39, 0.29) is 48.7 Å². The molecule has 0 radical (unpaired) electrons. The Kier molecular flexibility index (Phi) is 40.3.